The van der Waals surface area contributed by atoms with Gasteiger partial charge in [0.1, 0.15) is 0 Å². The molecule has 0 amide bonds. The first-order valence-electron chi connectivity index (χ1n) is 9.30. The number of rotatable bonds is 4. The molecule has 24 heavy (non-hydrogen) atoms. The van der Waals surface area contributed by atoms with E-state index in [-0.39, 0.29) is 17.9 Å². The summed E-state index contributed by atoms with van der Waals surface area (Å²) in [5.74, 6) is 0.570. The molecule has 2 saturated carbocycles. The lowest BCUT2D eigenvalue weighted by Crippen LogP contribution is -2.68. The predicted molar refractivity (Wildman–Crippen MR) is 92.4 cm³/mol. The van der Waals surface area contributed by atoms with Gasteiger partial charge < -0.3 is 19.7 Å². The molecule has 6 atom stereocenters. The SMILES string of the molecule is C[C@@H]1C[C@H](O)[C@]2(C)[C@H](CCC[C@@]2(O)CO)[C@@]1(C)CCc1ccoc1. The lowest BCUT2D eigenvalue weighted by atomic mass is 9.42. The highest BCUT2D eigenvalue weighted by Crippen LogP contribution is 2.64. The first kappa shape index (κ1) is 18.0. The summed E-state index contributed by atoms with van der Waals surface area (Å²) in [5.41, 5.74) is -0.622. The van der Waals surface area contributed by atoms with Crippen LogP contribution in [0.5, 0.6) is 0 Å². The van der Waals surface area contributed by atoms with Gasteiger partial charge in [0.05, 0.1) is 30.8 Å². The largest absolute Gasteiger partial charge is 0.472 e. The average molecular weight is 336 g/mol. The molecule has 2 aliphatic carbocycles. The summed E-state index contributed by atoms with van der Waals surface area (Å²) < 4.78 is 5.20. The molecular formula is C20H32O4. The van der Waals surface area contributed by atoms with Crippen LogP contribution in [-0.4, -0.2) is 33.6 Å². The third-order valence-electron chi connectivity index (χ3n) is 7.79. The Hall–Kier alpha value is -0.840. The molecule has 0 aromatic carbocycles. The minimum absolute atomic E-state index is 0.0226. The van der Waals surface area contributed by atoms with Gasteiger partial charge in [-0.2, -0.15) is 0 Å². The first-order chi connectivity index (χ1) is 11.3. The van der Waals surface area contributed by atoms with Gasteiger partial charge in [-0.25, -0.2) is 0 Å². The van der Waals surface area contributed by atoms with Gasteiger partial charge in [0.15, 0.2) is 0 Å². The molecule has 2 aliphatic rings. The van der Waals surface area contributed by atoms with Crippen LogP contribution in [0.4, 0.5) is 0 Å². The second-order valence-electron chi connectivity index (χ2n) is 8.71. The summed E-state index contributed by atoms with van der Waals surface area (Å²) in [5, 5.41) is 32.0. The molecule has 2 fully saturated rings. The van der Waals surface area contributed by atoms with E-state index >= 15 is 0 Å². The van der Waals surface area contributed by atoms with Crippen molar-refractivity contribution in [1.82, 2.24) is 0 Å². The monoisotopic (exact) mass is 336 g/mol. The Morgan fingerprint density at radius 1 is 1.33 bits per heavy atom. The Balaban J connectivity index is 1.93. The normalized spacial score (nSPS) is 45.8. The molecule has 0 unspecified atom stereocenters. The summed E-state index contributed by atoms with van der Waals surface area (Å²) in [7, 11) is 0. The molecule has 0 bridgehead atoms. The molecule has 0 aliphatic heterocycles. The molecule has 0 radical (unpaired) electrons. The predicted octanol–water partition coefficient (Wildman–Crippen LogP) is 3.15. The number of aliphatic hydroxyl groups is 3. The van der Waals surface area contributed by atoms with Crippen molar-refractivity contribution in [2.75, 3.05) is 6.61 Å². The van der Waals surface area contributed by atoms with Gasteiger partial charge in [0.2, 0.25) is 0 Å². The highest BCUT2D eigenvalue weighted by atomic mass is 16.3. The van der Waals surface area contributed by atoms with Crippen molar-refractivity contribution in [1.29, 1.82) is 0 Å². The maximum absolute atomic E-state index is 11.2. The lowest BCUT2D eigenvalue weighted by Gasteiger charge is -2.64. The summed E-state index contributed by atoms with van der Waals surface area (Å²) in [4.78, 5) is 0. The van der Waals surface area contributed by atoms with Crippen molar-refractivity contribution in [2.45, 2.75) is 71.0 Å². The van der Waals surface area contributed by atoms with Crippen LogP contribution in [0.3, 0.4) is 0 Å². The van der Waals surface area contributed by atoms with Crippen LogP contribution in [0, 0.1) is 22.7 Å². The minimum Gasteiger partial charge on any atom is -0.472 e. The number of hydrogen-bond donors (Lipinski definition) is 3. The smallest absolute Gasteiger partial charge is 0.0958 e. The fourth-order valence-electron chi connectivity index (χ4n) is 5.76. The zero-order chi connectivity index (χ0) is 17.6. The van der Waals surface area contributed by atoms with Gasteiger partial charge in [-0.15, -0.1) is 0 Å². The molecule has 3 N–H and O–H groups in total. The highest BCUT2D eigenvalue weighted by Gasteiger charge is 2.65. The molecule has 1 heterocycles. The van der Waals surface area contributed by atoms with E-state index in [9.17, 15) is 15.3 Å². The van der Waals surface area contributed by atoms with Gasteiger partial charge >= 0.3 is 0 Å². The summed E-state index contributed by atoms with van der Waals surface area (Å²) in [6, 6.07) is 2.01. The topological polar surface area (TPSA) is 73.8 Å². The zero-order valence-corrected chi connectivity index (χ0v) is 15.2. The van der Waals surface area contributed by atoms with E-state index in [0.717, 1.165) is 25.7 Å². The maximum atomic E-state index is 11.2. The standard InChI is InChI=1S/C20H32O4/c1-14-11-17(22)19(3)16(5-4-8-20(19,23)13-21)18(14,2)9-6-15-7-10-24-12-15/h7,10,12,14,16-17,21-23H,4-6,8-9,11,13H2,1-3H3/t14-,16-,17+,18+,19+,20-/m1/s1. The molecule has 0 saturated heterocycles. The zero-order valence-electron chi connectivity index (χ0n) is 15.2. The van der Waals surface area contributed by atoms with Gasteiger partial charge in [0, 0.05) is 5.41 Å². The fraction of sp³-hybridized carbons (Fsp3) is 0.800. The van der Waals surface area contributed by atoms with Crippen LogP contribution in [0.15, 0.2) is 23.0 Å². The first-order valence-corrected chi connectivity index (χ1v) is 9.30. The Kier molecular flexibility index (Phi) is 4.61. The van der Waals surface area contributed by atoms with Crippen LogP contribution in [-0.2, 0) is 6.42 Å². The molecule has 3 rings (SSSR count). The number of aliphatic hydroxyl groups excluding tert-OH is 2. The Bertz CT molecular complexity index is 556. The van der Waals surface area contributed by atoms with Crippen molar-refractivity contribution in [3.05, 3.63) is 24.2 Å². The van der Waals surface area contributed by atoms with Gasteiger partial charge in [-0.3, -0.25) is 0 Å². The highest BCUT2D eigenvalue weighted by molar-refractivity contribution is 5.15. The minimum atomic E-state index is -1.19. The van der Waals surface area contributed by atoms with Crippen LogP contribution in [0.25, 0.3) is 0 Å². The quantitative estimate of drug-likeness (QED) is 0.790. The van der Waals surface area contributed by atoms with Crippen molar-refractivity contribution in [2.24, 2.45) is 22.7 Å². The van der Waals surface area contributed by atoms with E-state index in [1.807, 2.05) is 13.0 Å². The van der Waals surface area contributed by atoms with E-state index in [1.165, 1.54) is 5.56 Å². The van der Waals surface area contributed by atoms with E-state index in [1.54, 1.807) is 12.5 Å². The van der Waals surface area contributed by atoms with Crippen LogP contribution in [0.2, 0.25) is 0 Å². The molecule has 4 heteroatoms. The van der Waals surface area contributed by atoms with Crippen molar-refractivity contribution < 1.29 is 19.7 Å². The lowest BCUT2D eigenvalue weighted by molar-refractivity contribution is -0.256. The molecular weight excluding hydrogens is 304 g/mol. The van der Waals surface area contributed by atoms with Crippen LogP contribution < -0.4 is 0 Å². The maximum Gasteiger partial charge on any atom is 0.0958 e. The van der Waals surface area contributed by atoms with Crippen molar-refractivity contribution >= 4 is 0 Å². The number of hydrogen-bond acceptors (Lipinski definition) is 4. The summed E-state index contributed by atoms with van der Waals surface area (Å²) in [6.07, 6.45) is 8.03. The number of furan rings is 1. The molecule has 1 aromatic heterocycles. The van der Waals surface area contributed by atoms with E-state index < -0.39 is 17.1 Å². The Morgan fingerprint density at radius 2 is 2.08 bits per heavy atom. The fourth-order valence-corrected chi connectivity index (χ4v) is 5.76. The third kappa shape index (κ3) is 2.46. The molecule has 136 valence electrons. The third-order valence-corrected chi connectivity index (χ3v) is 7.79. The summed E-state index contributed by atoms with van der Waals surface area (Å²) >= 11 is 0. The van der Waals surface area contributed by atoms with Gasteiger partial charge in [-0.05, 0) is 61.0 Å². The molecule has 0 spiro atoms. The van der Waals surface area contributed by atoms with Gasteiger partial charge in [-0.1, -0.05) is 27.2 Å². The van der Waals surface area contributed by atoms with E-state index in [2.05, 4.69) is 13.8 Å². The van der Waals surface area contributed by atoms with E-state index in [4.69, 9.17) is 4.42 Å². The second kappa shape index (κ2) is 6.15. The number of fused-ring (bicyclic) bond motifs is 1. The van der Waals surface area contributed by atoms with Crippen molar-refractivity contribution in [3.63, 3.8) is 0 Å². The Labute approximate surface area is 144 Å². The Morgan fingerprint density at radius 3 is 2.71 bits per heavy atom. The van der Waals surface area contributed by atoms with Crippen LogP contribution in [0.1, 0.15) is 58.4 Å². The van der Waals surface area contributed by atoms with Crippen LogP contribution >= 0.6 is 0 Å². The molecule has 4 nitrogen and oxygen atoms in total. The second-order valence-corrected chi connectivity index (χ2v) is 8.71. The van der Waals surface area contributed by atoms with E-state index in [0.29, 0.717) is 18.8 Å². The average Bonchev–Trinajstić information content (AvgIpc) is 3.07. The summed E-state index contributed by atoms with van der Waals surface area (Å²) in [6.45, 7) is 6.27. The van der Waals surface area contributed by atoms with Gasteiger partial charge in [0.25, 0.3) is 0 Å². The molecule has 1 aromatic rings. The number of aryl methyl sites for hydroxylation is 1. The van der Waals surface area contributed by atoms with Crippen molar-refractivity contribution in [3.8, 4) is 0 Å².